The fourth-order valence-corrected chi connectivity index (χ4v) is 3.00. The van der Waals surface area contributed by atoms with Crippen molar-refractivity contribution in [2.24, 2.45) is 0 Å². The van der Waals surface area contributed by atoms with Crippen molar-refractivity contribution in [1.82, 2.24) is 10.1 Å². The van der Waals surface area contributed by atoms with Crippen LogP contribution in [0.3, 0.4) is 0 Å². The first kappa shape index (κ1) is 18.0. The molecule has 0 atom stereocenters. The number of hydrogen-bond acceptors (Lipinski definition) is 6. The molecule has 0 aliphatic carbocycles. The number of amides is 1. The van der Waals surface area contributed by atoms with Gasteiger partial charge < -0.3 is 19.3 Å². The second kappa shape index (κ2) is 8.12. The molecule has 2 heterocycles. The van der Waals surface area contributed by atoms with E-state index in [9.17, 15) is 4.79 Å². The highest BCUT2D eigenvalue weighted by Crippen LogP contribution is 2.35. The van der Waals surface area contributed by atoms with E-state index in [1.807, 2.05) is 49.4 Å². The molecule has 1 N–H and O–H groups in total. The van der Waals surface area contributed by atoms with Gasteiger partial charge in [-0.05, 0) is 25.0 Å². The van der Waals surface area contributed by atoms with Crippen LogP contribution in [0.1, 0.15) is 24.3 Å². The Labute approximate surface area is 162 Å². The lowest BCUT2D eigenvalue weighted by molar-refractivity contribution is -0.116. The minimum atomic E-state index is -0.0671. The van der Waals surface area contributed by atoms with Gasteiger partial charge in [0.15, 0.2) is 11.5 Å². The van der Waals surface area contributed by atoms with Crippen LogP contribution in [0.15, 0.2) is 47.0 Å². The summed E-state index contributed by atoms with van der Waals surface area (Å²) in [5, 5.41) is 6.93. The highest BCUT2D eigenvalue weighted by molar-refractivity contribution is 5.92. The van der Waals surface area contributed by atoms with Gasteiger partial charge >= 0.3 is 0 Å². The molecule has 0 fully saturated rings. The Hall–Kier alpha value is -3.35. The third kappa shape index (κ3) is 4.14. The maximum absolute atomic E-state index is 12.3. The smallest absolute Gasteiger partial charge is 0.226 e. The topological polar surface area (TPSA) is 86.5 Å². The number of nitrogens with one attached hydrogen (secondary N) is 1. The van der Waals surface area contributed by atoms with Crippen LogP contribution in [-0.2, 0) is 11.2 Å². The number of nitrogens with zero attached hydrogens (tertiary/aromatic N) is 2. The molecule has 1 aliphatic rings. The molecule has 144 valence electrons. The number of aryl methyl sites for hydroxylation is 2. The van der Waals surface area contributed by atoms with E-state index in [4.69, 9.17) is 14.0 Å². The molecular weight excluding hydrogens is 358 g/mol. The van der Waals surface area contributed by atoms with Crippen LogP contribution >= 0.6 is 0 Å². The lowest BCUT2D eigenvalue weighted by atomic mass is 10.1. The van der Waals surface area contributed by atoms with Crippen molar-refractivity contribution in [2.45, 2.75) is 26.2 Å². The summed E-state index contributed by atoms with van der Waals surface area (Å²) in [4.78, 5) is 16.7. The highest BCUT2D eigenvalue weighted by atomic mass is 16.6. The highest BCUT2D eigenvalue weighted by Gasteiger charge is 2.16. The first-order valence-corrected chi connectivity index (χ1v) is 9.27. The fourth-order valence-electron chi connectivity index (χ4n) is 3.00. The number of carbonyl (C=O) groups is 1. The van der Waals surface area contributed by atoms with Crippen molar-refractivity contribution in [2.75, 3.05) is 18.5 Å². The van der Waals surface area contributed by atoms with Gasteiger partial charge in [0.1, 0.15) is 13.2 Å². The number of aromatic nitrogens is 2. The van der Waals surface area contributed by atoms with Crippen LogP contribution in [0.4, 0.5) is 5.69 Å². The lowest BCUT2D eigenvalue weighted by Gasteiger charge is -2.20. The number of benzene rings is 2. The number of rotatable bonds is 6. The van der Waals surface area contributed by atoms with Gasteiger partial charge in [-0.1, -0.05) is 35.5 Å². The Bertz CT molecular complexity index is 969. The average molecular weight is 379 g/mol. The molecule has 1 amide bonds. The molecule has 0 bridgehead atoms. The summed E-state index contributed by atoms with van der Waals surface area (Å²) >= 11 is 0. The minimum Gasteiger partial charge on any atom is -0.486 e. The summed E-state index contributed by atoms with van der Waals surface area (Å²) < 4.78 is 16.4. The molecule has 3 aromatic rings. The summed E-state index contributed by atoms with van der Waals surface area (Å²) in [7, 11) is 0. The lowest BCUT2D eigenvalue weighted by Crippen LogP contribution is -2.17. The zero-order chi connectivity index (χ0) is 19.3. The molecule has 0 spiro atoms. The maximum Gasteiger partial charge on any atom is 0.226 e. The average Bonchev–Trinajstić information content (AvgIpc) is 3.18. The predicted molar refractivity (Wildman–Crippen MR) is 103 cm³/mol. The van der Waals surface area contributed by atoms with Gasteiger partial charge in [0, 0.05) is 30.2 Å². The van der Waals surface area contributed by atoms with Gasteiger partial charge in [-0.3, -0.25) is 4.79 Å². The van der Waals surface area contributed by atoms with Gasteiger partial charge in [0.2, 0.25) is 17.6 Å². The first-order chi connectivity index (χ1) is 13.7. The number of hydrogen-bond donors (Lipinski definition) is 1. The van der Waals surface area contributed by atoms with Gasteiger partial charge in [-0.2, -0.15) is 4.98 Å². The van der Waals surface area contributed by atoms with Crippen LogP contribution in [-0.4, -0.2) is 29.3 Å². The summed E-state index contributed by atoms with van der Waals surface area (Å²) in [6.07, 6.45) is 1.52. The normalized spacial score (nSPS) is 12.6. The predicted octanol–water partition coefficient (Wildman–Crippen LogP) is 3.78. The zero-order valence-corrected chi connectivity index (χ0v) is 15.6. The molecule has 0 saturated heterocycles. The largest absolute Gasteiger partial charge is 0.486 e. The molecule has 7 heteroatoms. The van der Waals surface area contributed by atoms with E-state index in [-0.39, 0.29) is 5.91 Å². The number of anilines is 1. The third-order valence-electron chi connectivity index (χ3n) is 4.46. The molecular formula is C21H21N3O4. The molecule has 1 aromatic heterocycles. The van der Waals surface area contributed by atoms with Gasteiger partial charge in [-0.25, -0.2) is 0 Å². The minimum absolute atomic E-state index is 0.0671. The van der Waals surface area contributed by atoms with Crippen molar-refractivity contribution >= 4 is 11.6 Å². The molecule has 7 nitrogen and oxygen atoms in total. The first-order valence-electron chi connectivity index (χ1n) is 9.27. The van der Waals surface area contributed by atoms with Crippen LogP contribution in [0.2, 0.25) is 0 Å². The van der Waals surface area contributed by atoms with Crippen molar-refractivity contribution < 1.29 is 18.8 Å². The third-order valence-corrected chi connectivity index (χ3v) is 4.46. The Balaban J connectivity index is 1.30. The van der Waals surface area contributed by atoms with Crippen molar-refractivity contribution in [3.63, 3.8) is 0 Å². The Morgan fingerprint density at radius 1 is 1.11 bits per heavy atom. The van der Waals surface area contributed by atoms with E-state index in [1.54, 1.807) is 0 Å². The van der Waals surface area contributed by atoms with Crippen molar-refractivity contribution in [1.29, 1.82) is 0 Å². The number of fused-ring (bicyclic) bond motifs is 1. The Morgan fingerprint density at radius 2 is 1.86 bits per heavy atom. The monoisotopic (exact) mass is 379 g/mol. The van der Waals surface area contributed by atoms with Crippen LogP contribution in [0.5, 0.6) is 11.5 Å². The van der Waals surface area contributed by atoms with Crippen LogP contribution in [0.25, 0.3) is 11.4 Å². The molecule has 0 saturated carbocycles. The summed E-state index contributed by atoms with van der Waals surface area (Å²) in [5.41, 5.74) is 2.57. The molecule has 0 radical (unpaired) electrons. The molecule has 4 rings (SSSR count). The zero-order valence-electron chi connectivity index (χ0n) is 15.6. The quantitative estimate of drug-likeness (QED) is 0.701. The van der Waals surface area contributed by atoms with E-state index in [1.165, 1.54) is 0 Å². The van der Waals surface area contributed by atoms with Gasteiger partial charge in [-0.15, -0.1) is 0 Å². The molecule has 0 unspecified atom stereocenters. The van der Waals surface area contributed by atoms with Crippen molar-refractivity contribution in [3.8, 4) is 22.9 Å². The Kier molecular flexibility index (Phi) is 5.23. The van der Waals surface area contributed by atoms with E-state index >= 15 is 0 Å². The molecule has 2 aromatic carbocycles. The summed E-state index contributed by atoms with van der Waals surface area (Å²) in [5.74, 6) is 2.40. The Morgan fingerprint density at radius 3 is 2.64 bits per heavy atom. The summed E-state index contributed by atoms with van der Waals surface area (Å²) in [6, 6.07) is 13.3. The summed E-state index contributed by atoms with van der Waals surface area (Å²) in [6.45, 7) is 2.98. The van der Waals surface area contributed by atoms with Gasteiger partial charge in [0.05, 0.1) is 0 Å². The SMILES string of the molecule is Cc1cc2c(cc1NC(=O)CCCc1nc(-c3ccccc3)no1)OCCO2. The van der Waals surface area contributed by atoms with Gasteiger partial charge in [0.25, 0.3) is 0 Å². The molecule has 1 aliphatic heterocycles. The van der Waals surface area contributed by atoms with E-state index in [0.29, 0.717) is 55.7 Å². The second-order valence-electron chi connectivity index (χ2n) is 6.59. The number of ether oxygens (including phenoxy) is 2. The van der Waals surface area contributed by atoms with Crippen LogP contribution < -0.4 is 14.8 Å². The standard InChI is InChI=1S/C21H21N3O4/c1-14-12-17-18(27-11-10-26-17)13-16(14)22-19(25)8-5-9-20-23-21(24-28-20)15-6-3-2-4-7-15/h2-4,6-7,12-13H,5,8-11H2,1H3,(H,22,25). The molecule has 28 heavy (non-hydrogen) atoms. The van der Waals surface area contributed by atoms with E-state index in [0.717, 1.165) is 16.8 Å². The van der Waals surface area contributed by atoms with E-state index in [2.05, 4.69) is 15.5 Å². The second-order valence-corrected chi connectivity index (χ2v) is 6.59. The van der Waals surface area contributed by atoms with E-state index < -0.39 is 0 Å². The van der Waals surface area contributed by atoms with Crippen molar-refractivity contribution in [3.05, 3.63) is 53.9 Å². The number of carbonyl (C=O) groups excluding carboxylic acids is 1. The van der Waals surface area contributed by atoms with Crippen LogP contribution in [0, 0.1) is 6.92 Å². The maximum atomic E-state index is 12.3. The fraction of sp³-hybridized carbons (Fsp3) is 0.286.